The molecular formula is C20H17NO. The highest BCUT2D eigenvalue weighted by Crippen LogP contribution is 2.34. The van der Waals surface area contributed by atoms with Crippen LogP contribution in [0.4, 0.5) is 0 Å². The van der Waals surface area contributed by atoms with Crippen LogP contribution in [-0.2, 0) is 0 Å². The summed E-state index contributed by atoms with van der Waals surface area (Å²) in [7, 11) is 1.64. The van der Waals surface area contributed by atoms with Crippen molar-refractivity contribution >= 4 is 10.8 Å². The van der Waals surface area contributed by atoms with Crippen LogP contribution in [0.1, 0.15) is 16.7 Å². The third kappa shape index (κ3) is 2.31. The Morgan fingerprint density at radius 3 is 2.27 bits per heavy atom. The number of aryl methyl sites for hydroxylation is 2. The van der Waals surface area contributed by atoms with Crippen molar-refractivity contribution in [2.75, 3.05) is 7.11 Å². The van der Waals surface area contributed by atoms with E-state index >= 15 is 0 Å². The summed E-state index contributed by atoms with van der Waals surface area (Å²) < 4.78 is 5.49. The molecule has 0 bridgehead atoms. The topological polar surface area (TPSA) is 22.1 Å². The van der Waals surface area contributed by atoms with Gasteiger partial charge < -0.3 is 4.74 Å². The van der Waals surface area contributed by atoms with Crippen molar-refractivity contribution in [3.8, 4) is 29.5 Å². The third-order valence-electron chi connectivity index (χ3n) is 3.79. The van der Waals surface area contributed by atoms with Gasteiger partial charge >= 0.3 is 0 Å². The number of benzene rings is 2. The van der Waals surface area contributed by atoms with Crippen LogP contribution in [0.5, 0.6) is 5.88 Å². The second-order valence-electron chi connectivity index (χ2n) is 5.40. The molecule has 0 spiro atoms. The number of fused-ring (bicyclic) bond motifs is 1. The molecule has 0 saturated heterocycles. The maximum absolute atomic E-state index is 5.78. The second-order valence-corrected chi connectivity index (χ2v) is 5.40. The van der Waals surface area contributed by atoms with Gasteiger partial charge in [-0.1, -0.05) is 53.4 Å². The zero-order chi connectivity index (χ0) is 15.7. The van der Waals surface area contributed by atoms with Crippen molar-refractivity contribution < 1.29 is 4.74 Å². The van der Waals surface area contributed by atoms with Gasteiger partial charge in [0, 0.05) is 16.3 Å². The molecule has 108 valence electrons. The molecule has 0 fully saturated rings. The monoisotopic (exact) mass is 287 g/mol. The summed E-state index contributed by atoms with van der Waals surface area (Å²) in [4.78, 5) is 4.67. The first kappa shape index (κ1) is 14.2. The normalized spacial score (nSPS) is 10.5. The number of hydrogen-bond acceptors (Lipinski definition) is 2. The highest BCUT2D eigenvalue weighted by molar-refractivity contribution is 5.96. The molecule has 2 aromatic carbocycles. The van der Waals surface area contributed by atoms with Gasteiger partial charge in [0.2, 0.25) is 5.88 Å². The van der Waals surface area contributed by atoms with Gasteiger partial charge in [-0.2, -0.15) is 0 Å². The Hall–Kier alpha value is -2.79. The highest BCUT2D eigenvalue weighted by Gasteiger charge is 2.14. The Morgan fingerprint density at radius 1 is 0.955 bits per heavy atom. The number of terminal acetylenes is 1. The number of nitrogens with zero attached hydrogens (tertiary/aromatic N) is 1. The van der Waals surface area contributed by atoms with Crippen LogP contribution in [0.3, 0.4) is 0 Å². The largest absolute Gasteiger partial charge is 0.481 e. The fourth-order valence-corrected chi connectivity index (χ4v) is 2.62. The molecular weight excluding hydrogens is 270 g/mol. The lowest BCUT2D eigenvalue weighted by atomic mass is 9.98. The second kappa shape index (κ2) is 5.54. The summed E-state index contributed by atoms with van der Waals surface area (Å²) >= 11 is 0. The zero-order valence-electron chi connectivity index (χ0n) is 13.0. The standard InChI is InChI=1S/C20H17NO/c1-5-16-17-11-8-14(3)12-18(17)20(22-4)21-19(16)15-9-6-13(2)7-10-15/h1,6-12H,2-4H3. The molecule has 0 atom stereocenters. The summed E-state index contributed by atoms with van der Waals surface area (Å²) in [5, 5.41) is 1.95. The third-order valence-corrected chi connectivity index (χ3v) is 3.79. The molecule has 0 radical (unpaired) electrons. The zero-order valence-corrected chi connectivity index (χ0v) is 13.0. The molecule has 2 heteroatoms. The molecule has 0 saturated carbocycles. The van der Waals surface area contributed by atoms with Crippen molar-refractivity contribution in [1.29, 1.82) is 0 Å². The lowest BCUT2D eigenvalue weighted by molar-refractivity contribution is 0.404. The van der Waals surface area contributed by atoms with E-state index in [4.69, 9.17) is 11.2 Å². The van der Waals surface area contributed by atoms with Crippen molar-refractivity contribution in [2.24, 2.45) is 0 Å². The van der Waals surface area contributed by atoms with Gasteiger partial charge in [0.25, 0.3) is 0 Å². The molecule has 3 aromatic rings. The Kier molecular flexibility index (Phi) is 3.56. The van der Waals surface area contributed by atoms with Crippen LogP contribution >= 0.6 is 0 Å². The van der Waals surface area contributed by atoms with Gasteiger partial charge in [0.15, 0.2) is 0 Å². The highest BCUT2D eigenvalue weighted by atomic mass is 16.5. The van der Waals surface area contributed by atoms with E-state index < -0.39 is 0 Å². The summed E-state index contributed by atoms with van der Waals surface area (Å²) in [6, 6.07) is 14.4. The molecule has 1 heterocycles. The molecule has 2 nitrogen and oxygen atoms in total. The number of ether oxygens (including phenoxy) is 1. The van der Waals surface area contributed by atoms with Crippen molar-refractivity contribution in [3.63, 3.8) is 0 Å². The maximum Gasteiger partial charge on any atom is 0.221 e. The van der Waals surface area contributed by atoms with Gasteiger partial charge in [-0.05, 0) is 19.9 Å². The molecule has 1 aromatic heterocycles. The van der Waals surface area contributed by atoms with Crippen LogP contribution < -0.4 is 4.74 Å². The Morgan fingerprint density at radius 2 is 1.64 bits per heavy atom. The first-order chi connectivity index (χ1) is 10.6. The first-order valence-electron chi connectivity index (χ1n) is 7.16. The average Bonchev–Trinajstić information content (AvgIpc) is 2.54. The average molecular weight is 287 g/mol. The van der Waals surface area contributed by atoms with E-state index in [2.05, 4.69) is 42.1 Å². The summed E-state index contributed by atoms with van der Waals surface area (Å²) in [6.45, 7) is 4.10. The number of hydrogen-bond donors (Lipinski definition) is 0. The summed E-state index contributed by atoms with van der Waals surface area (Å²) in [5.41, 5.74) is 4.95. The molecule has 0 aliphatic carbocycles. The van der Waals surface area contributed by atoms with Crippen LogP contribution in [-0.4, -0.2) is 12.1 Å². The molecule has 0 aliphatic heterocycles. The van der Waals surface area contributed by atoms with E-state index in [-0.39, 0.29) is 0 Å². The molecule has 0 aliphatic rings. The number of rotatable bonds is 2. The quantitative estimate of drug-likeness (QED) is 0.647. The lowest BCUT2D eigenvalue weighted by Gasteiger charge is -2.12. The fourth-order valence-electron chi connectivity index (χ4n) is 2.62. The van der Waals surface area contributed by atoms with Crippen molar-refractivity contribution in [3.05, 3.63) is 59.2 Å². The predicted molar refractivity (Wildman–Crippen MR) is 91.1 cm³/mol. The molecule has 0 amide bonds. The van der Waals surface area contributed by atoms with Crippen molar-refractivity contribution in [2.45, 2.75) is 13.8 Å². The molecule has 22 heavy (non-hydrogen) atoms. The number of pyridine rings is 1. The van der Waals surface area contributed by atoms with E-state index in [9.17, 15) is 0 Å². The van der Waals surface area contributed by atoms with Crippen LogP contribution in [0.25, 0.3) is 22.0 Å². The summed E-state index contributed by atoms with van der Waals surface area (Å²) in [6.07, 6.45) is 5.78. The molecule has 0 N–H and O–H groups in total. The van der Waals surface area contributed by atoms with E-state index in [0.29, 0.717) is 5.88 Å². The summed E-state index contributed by atoms with van der Waals surface area (Å²) in [5.74, 6) is 3.41. The van der Waals surface area contributed by atoms with E-state index in [1.807, 2.05) is 25.1 Å². The van der Waals surface area contributed by atoms with Gasteiger partial charge in [0.1, 0.15) is 0 Å². The number of aromatic nitrogens is 1. The van der Waals surface area contributed by atoms with Gasteiger partial charge in [-0.3, -0.25) is 0 Å². The van der Waals surface area contributed by atoms with Crippen molar-refractivity contribution in [1.82, 2.24) is 4.98 Å². The molecule has 0 unspecified atom stereocenters. The van der Waals surface area contributed by atoms with Crippen LogP contribution in [0.2, 0.25) is 0 Å². The van der Waals surface area contributed by atoms with E-state index in [1.165, 1.54) is 5.56 Å². The van der Waals surface area contributed by atoms with Gasteiger partial charge in [0.05, 0.1) is 18.4 Å². The van der Waals surface area contributed by atoms with E-state index in [1.54, 1.807) is 7.11 Å². The van der Waals surface area contributed by atoms with Crippen LogP contribution in [0.15, 0.2) is 42.5 Å². The smallest absolute Gasteiger partial charge is 0.221 e. The fraction of sp³-hybridized carbons (Fsp3) is 0.150. The Bertz CT molecular complexity index is 886. The maximum atomic E-state index is 5.78. The van der Waals surface area contributed by atoms with Crippen LogP contribution in [0, 0.1) is 26.2 Å². The minimum absolute atomic E-state index is 0.605. The Balaban J connectivity index is 2.38. The minimum Gasteiger partial charge on any atom is -0.481 e. The minimum atomic E-state index is 0.605. The first-order valence-corrected chi connectivity index (χ1v) is 7.16. The Labute approximate surface area is 130 Å². The number of methoxy groups -OCH3 is 1. The lowest BCUT2D eigenvalue weighted by Crippen LogP contribution is -1.97. The predicted octanol–water partition coefficient (Wildman–Crippen LogP) is 4.51. The SMILES string of the molecule is C#Cc1c(-c2ccc(C)cc2)nc(OC)c2cc(C)ccc12. The molecule has 3 rings (SSSR count). The van der Waals surface area contributed by atoms with Gasteiger partial charge in [-0.25, -0.2) is 4.98 Å². The van der Waals surface area contributed by atoms with E-state index in [0.717, 1.165) is 33.2 Å². The van der Waals surface area contributed by atoms with Gasteiger partial charge in [-0.15, -0.1) is 6.42 Å².